The van der Waals surface area contributed by atoms with E-state index in [0.717, 1.165) is 42.2 Å². The zero-order chi connectivity index (χ0) is 23.2. The zero-order valence-electron chi connectivity index (χ0n) is 21.0. The van der Waals surface area contributed by atoms with Crippen LogP contribution < -0.4 is 0 Å². The molecule has 8 unspecified atom stereocenters. The molecule has 0 amide bonds. The summed E-state index contributed by atoms with van der Waals surface area (Å²) in [6, 6.07) is 0. The van der Waals surface area contributed by atoms with Crippen molar-refractivity contribution in [1.82, 2.24) is 5.12 Å². The van der Waals surface area contributed by atoms with E-state index in [1.54, 1.807) is 0 Å². The fourth-order valence-electron chi connectivity index (χ4n) is 9.09. The molecule has 5 aliphatic rings. The van der Waals surface area contributed by atoms with Gasteiger partial charge >= 0.3 is 0 Å². The van der Waals surface area contributed by atoms with E-state index in [9.17, 15) is 4.79 Å². The minimum absolute atomic E-state index is 0.145. The van der Waals surface area contributed by atoms with Crippen molar-refractivity contribution in [3.63, 3.8) is 0 Å². The molecule has 4 saturated carbocycles. The second kappa shape index (κ2) is 8.82. The summed E-state index contributed by atoms with van der Waals surface area (Å²) >= 11 is 0. The molecular weight excluding hydrogens is 406 g/mol. The lowest BCUT2D eigenvalue weighted by Gasteiger charge is -2.61. The smallest absolute Gasteiger partial charge is 0.159 e. The quantitative estimate of drug-likeness (QED) is 0.349. The molecule has 0 saturated heterocycles. The fourth-order valence-corrected chi connectivity index (χ4v) is 9.09. The molecule has 8 atom stereocenters. The van der Waals surface area contributed by atoms with Crippen LogP contribution in [0, 0.1) is 46.3 Å². The minimum atomic E-state index is 0.145. The number of nitrogens with zero attached hydrogens (tertiary/aromatic N) is 3. The van der Waals surface area contributed by atoms with Crippen molar-refractivity contribution < 1.29 is 4.79 Å². The van der Waals surface area contributed by atoms with Gasteiger partial charge in [-0.15, -0.1) is 0 Å². The van der Waals surface area contributed by atoms with Gasteiger partial charge in [0.25, 0.3) is 0 Å². The monoisotopic (exact) mass is 449 g/mol. The number of allylic oxidation sites excluding steroid dienone is 4. The first-order valence-electron chi connectivity index (χ1n) is 13.5. The van der Waals surface area contributed by atoms with E-state index < -0.39 is 0 Å². The highest BCUT2D eigenvalue weighted by atomic mass is 16.1. The average Bonchev–Trinajstić information content (AvgIpc) is 3.17. The normalized spacial score (nSPS) is 45.2. The van der Waals surface area contributed by atoms with Gasteiger partial charge in [-0.05, 0) is 97.9 Å². The lowest BCUT2D eigenvalue weighted by molar-refractivity contribution is -0.137. The van der Waals surface area contributed by atoms with Crippen LogP contribution in [0.2, 0.25) is 0 Å². The average molecular weight is 450 g/mol. The van der Waals surface area contributed by atoms with Crippen molar-refractivity contribution in [2.45, 2.75) is 85.0 Å². The second-order valence-electron chi connectivity index (χ2n) is 12.4. The molecule has 5 rings (SSSR count). The maximum Gasteiger partial charge on any atom is 0.159 e. The Morgan fingerprint density at radius 2 is 1.85 bits per heavy atom. The molecular formula is C29H43N3O. The molecule has 4 heteroatoms. The van der Waals surface area contributed by atoms with Gasteiger partial charge in [0.15, 0.2) is 5.78 Å². The Bertz CT molecular complexity index is 874. The Labute approximate surface area is 200 Å². The van der Waals surface area contributed by atoms with Crippen LogP contribution >= 0.6 is 0 Å². The van der Waals surface area contributed by atoms with E-state index >= 15 is 0 Å². The summed E-state index contributed by atoms with van der Waals surface area (Å²) < 4.78 is 0. The molecule has 0 radical (unpaired) electrons. The van der Waals surface area contributed by atoms with E-state index in [2.05, 4.69) is 43.8 Å². The van der Waals surface area contributed by atoms with Crippen LogP contribution in [0.3, 0.4) is 0 Å². The van der Waals surface area contributed by atoms with E-state index in [1.165, 1.54) is 56.5 Å². The summed E-state index contributed by atoms with van der Waals surface area (Å²) in [5.41, 5.74) is 1.62. The van der Waals surface area contributed by atoms with Gasteiger partial charge in [0.1, 0.15) is 6.54 Å². The van der Waals surface area contributed by atoms with Crippen LogP contribution in [0.5, 0.6) is 0 Å². The van der Waals surface area contributed by atoms with Crippen LogP contribution in [0.25, 0.3) is 0 Å². The molecule has 0 aromatic carbocycles. The van der Waals surface area contributed by atoms with Crippen molar-refractivity contribution in [2.75, 3.05) is 6.54 Å². The molecule has 0 N–H and O–H groups in total. The SMILES string of the molecule is C=NN(CC(=O)C1CCC2C3CCC4CC(C)CCC4(C)C3CCC12C)/N=C1/C=CC=CC1. The molecule has 4 fully saturated rings. The number of hydrogen-bond acceptors (Lipinski definition) is 4. The Balaban J connectivity index is 1.30. The van der Waals surface area contributed by atoms with Gasteiger partial charge in [-0.3, -0.25) is 4.79 Å². The number of hydrazone groups is 2. The number of ketones is 1. The van der Waals surface area contributed by atoms with Gasteiger partial charge in [-0.1, -0.05) is 45.4 Å². The third-order valence-electron chi connectivity index (χ3n) is 10.9. The summed E-state index contributed by atoms with van der Waals surface area (Å²) in [6.07, 6.45) is 20.8. The maximum atomic E-state index is 13.6. The standard InChI is InChI=1S/C29H43N3O/c1-20-14-16-28(2)21(18-20)10-11-23-24-12-13-26(29(24,3)17-15-25(23)28)27(33)19-32(30-4)31-22-8-6-5-7-9-22/h5-8,20-21,23-26H,4,9-19H2,1-3H3/b31-22-. The summed E-state index contributed by atoms with van der Waals surface area (Å²) in [5, 5.41) is 10.2. The molecule has 4 nitrogen and oxygen atoms in total. The highest BCUT2D eigenvalue weighted by molar-refractivity contribution is 5.97. The van der Waals surface area contributed by atoms with Crippen molar-refractivity contribution in [3.8, 4) is 0 Å². The number of Topliss-reactive ketones (excluding diaryl/α,β-unsaturated/α-hetero) is 1. The first kappa shape index (κ1) is 23.1. The number of hydrogen-bond donors (Lipinski definition) is 0. The first-order chi connectivity index (χ1) is 15.8. The summed E-state index contributed by atoms with van der Waals surface area (Å²) in [6.45, 7) is 11.5. The molecule has 5 aliphatic carbocycles. The topological polar surface area (TPSA) is 45.0 Å². The summed E-state index contributed by atoms with van der Waals surface area (Å²) in [7, 11) is 0. The van der Waals surface area contributed by atoms with Crippen LogP contribution in [0.15, 0.2) is 34.5 Å². The van der Waals surface area contributed by atoms with Gasteiger partial charge in [-0.2, -0.15) is 15.3 Å². The van der Waals surface area contributed by atoms with Gasteiger partial charge in [0.05, 0.1) is 5.71 Å². The number of carbonyl (C=O) groups excluding carboxylic acids is 1. The number of fused-ring (bicyclic) bond motifs is 5. The minimum Gasteiger partial charge on any atom is -0.297 e. The van der Waals surface area contributed by atoms with E-state index in [-0.39, 0.29) is 17.9 Å². The molecule has 0 spiro atoms. The van der Waals surface area contributed by atoms with Crippen molar-refractivity contribution in [1.29, 1.82) is 0 Å². The predicted octanol–water partition coefficient (Wildman–Crippen LogP) is 6.64. The predicted molar refractivity (Wildman–Crippen MR) is 136 cm³/mol. The van der Waals surface area contributed by atoms with Gasteiger partial charge < -0.3 is 0 Å². The molecule has 0 bridgehead atoms. The Morgan fingerprint density at radius 1 is 1.06 bits per heavy atom. The molecule has 180 valence electrons. The van der Waals surface area contributed by atoms with E-state index in [4.69, 9.17) is 0 Å². The van der Waals surface area contributed by atoms with Crippen molar-refractivity contribution in [2.24, 2.45) is 56.5 Å². The molecule has 0 aliphatic heterocycles. The van der Waals surface area contributed by atoms with Crippen LogP contribution in [0.4, 0.5) is 0 Å². The Morgan fingerprint density at radius 3 is 2.61 bits per heavy atom. The lowest BCUT2D eigenvalue weighted by atomic mass is 9.44. The fraction of sp³-hybridized carbons (Fsp3) is 0.759. The van der Waals surface area contributed by atoms with Crippen molar-refractivity contribution in [3.05, 3.63) is 24.3 Å². The second-order valence-corrected chi connectivity index (χ2v) is 12.4. The van der Waals surface area contributed by atoms with Crippen LogP contribution in [0.1, 0.15) is 85.0 Å². The molecule has 0 aromatic heterocycles. The van der Waals surface area contributed by atoms with Crippen molar-refractivity contribution >= 4 is 18.2 Å². The molecule has 0 heterocycles. The van der Waals surface area contributed by atoms with Gasteiger partial charge in [-0.25, -0.2) is 0 Å². The van der Waals surface area contributed by atoms with E-state index in [0.29, 0.717) is 17.1 Å². The lowest BCUT2D eigenvalue weighted by Crippen LogP contribution is -2.54. The highest BCUT2D eigenvalue weighted by Crippen LogP contribution is 2.67. The zero-order valence-corrected chi connectivity index (χ0v) is 21.0. The Hall–Kier alpha value is -1.71. The largest absolute Gasteiger partial charge is 0.297 e. The third kappa shape index (κ3) is 3.96. The highest BCUT2D eigenvalue weighted by Gasteiger charge is 2.61. The number of rotatable bonds is 5. The molecule has 33 heavy (non-hydrogen) atoms. The number of carbonyl (C=O) groups is 1. The van der Waals surface area contributed by atoms with Gasteiger partial charge in [0.2, 0.25) is 0 Å². The maximum absolute atomic E-state index is 13.6. The van der Waals surface area contributed by atoms with Crippen LogP contribution in [-0.4, -0.2) is 29.9 Å². The summed E-state index contributed by atoms with van der Waals surface area (Å²) in [4.78, 5) is 13.6. The van der Waals surface area contributed by atoms with Gasteiger partial charge in [0, 0.05) is 19.1 Å². The summed E-state index contributed by atoms with van der Waals surface area (Å²) in [5.74, 6) is 4.71. The molecule has 0 aromatic rings. The third-order valence-corrected chi connectivity index (χ3v) is 10.9. The van der Waals surface area contributed by atoms with E-state index in [1.807, 2.05) is 18.2 Å². The Kier molecular flexibility index (Phi) is 6.16. The first-order valence-corrected chi connectivity index (χ1v) is 13.5. The van der Waals surface area contributed by atoms with Crippen LogP contribution in [-0.2, 0) is 4.79 Å².